The maximum atomic E-state index is 13.3. The molecular weight excluding hydrogens is 464 g/mol. The van der Waals surface area contributed by atoms with Gasteiger partial charge in [-0.2, -0.15) is 0 Å². The first kappa shape index (κ1) is 20.8. The van der Waals surface area contributed by atoms with Crippen LogP contribution in [0, 0.1) is 0 Å². The van der Waals surface area contributed by atoms with Gasteiger partial charge in [0.2, 0.25) is 0 Å². The third-order valence-corrected chi connectivity index (χ3v) is 6.90. The number of carbonyl (C=O) groups is 1. The summed E-state index contributed by atoms with van der Waals surface area (Å²) in [5, 5.41) is 2.98. The molecule has 1 aliphatic heterocycles. The number of aromatic nitrogens is 2. The molecule has 0 spiro atoms. The Bertz CT molecular complexity index is 1330. The Morgan fingerprint density at radius 3 is 2.88 bits per heavy atom. The molecule has 0 saturated heterocycles. The molecule has 160 valence electrons. The molecule has 0 fully saturated rings. The molecule has 0 N–H and O–H groups in total. The summed E-state index contributed by atoms with van der Waals surface area (Å²) in [5.74, 6) is 0.921. The van der Waals surface area contributed by atoms with E-state index in [1.165, 1.54) is 11.8 Å². The number of thioether (sulfide) groups is 1. The van der Waals surface area contributed by atoms with Crippen molar-refractivity contribution in [2.24, 2.45) is 4.99 Å². The van der Waals surface area contributed by atoms with Gasteiger partial charge in [-0.3, -0.25) is 9.69 Å². The summed E-state index contributed by atoms with van der Waals surface area (Å²) >= 11 is 9.35. The summed E-state index contributed by atoms with van der Waals surface area (Å²) in [6.07, 6.45) is 5.75. The molecule has 4 heterocycles. The lowest BCUT2D eigenvalue weighted by atomic mass is 10.2. The molecule has 0 saturated carbocycles. The summed E-state index contributed by atoms with van der Waals surface area (Å²) in [7, 11) is 1.56. The molecule has 3 aromatic heterocycles. The molecule has 32 heavy (non-hydrogen) atoms. The normalized spacial score (nSPS) is 15.1. The number of hydrogen-bond acceptors (Lipinski definition) is 6. The minimum absolute atomic E-state index is 0.197. The fourth-order valence-electron chi connectivity index (χ4n) is 3.32. The van der Waals surface area contributed by atoms with Crippen LogP contribution in [0.1, 0.15) is 10.6 Å². The average Bonchev–Trinajstić information content (AvgIpc) is 3.52. The van der Waals surface area contributed by atoms with Crippen LogP contribution in [0.15, 0.2) is 77.0 Å². The quantitative estimate of drug-likeness (QED) is 0.342. The number of pyridine rings is 1. The zero-order valence-electron chi connectivity index (χ0n) is 16.9. The maximum Gasteiger partial charge on any atom is 0.283 e. The second-order valence-corrected chi connectivity index (χ2v) is 9.21. The molecule has 6 nitrogen and oxygen atoms in total. The molecule has 5 rings (SSSR count). The maximum absolute atomic E-state index is 13.3. The van der Waals surface area contributed by atoms with Gasteiger partial charge in [-0.15, -0.1) is 11.3 Å². The van der Waals surface area contributed by atoms with Gasteiger partial charge in [0, 0.05) is 23.0 Å². The van der Waals surface area contributed by atoms with Gasteiger partial charge in [-0.05, 0) is 47.9 Å². The molecule has 0 atom stereocenters. The fraction of sp³-hybridized carbons (Fsp3) is 0.0870. The number of thiophene rings is 1. The minimum Gasteiger partial charge on any atom is -0.495 e. The first-order valence-corrected chi connectivity index (χ1v) is 11.9. The molecule has 9 heteroatoms. The van der Waals surface area contributed by atoms with Crippen molar-refractivity contribution >= 4 is 63.2 Å². The summed E-state index contributed by atoms with van der Waals surface area (Å²) in [6, 6.07) is 15.0. The number of ether oxygens (including phenoxy) is 1. The number of fused-ring (bicyclic) bond motifs is 1. The lowest BCUT2D eigenvalue weighted by Gasteiger charge is -2.18. The molecule has 1 amide bonds. The lowest BCUT2D eigenvalue weighted by molar-refractivity contribution is -0.113. The monoisotopic (exact) mass is 480 g/mol. The number of benzene rings is 1. The SMILES string of the molecule is COc1ccc(N2C(=O)/C(=C/c3cccs3)N=C2SCc2cn3ccccc3n2)cc1Cl. The fourth-order valence-corrected chi connectivity index (χ4v) is 5.12. The zero-order chi connectivity index (χ0) is 22.1. The van der Waals surface area contributed by atoms with Crippen molar-refractivity contribution < 1.29 is 9.53 Å². The number of rotatable bonds is 5. The van der Waals surface area contributed by atoms with E-state index in [2.05, 4.69) is 9.98 Å². The first-order chi connectivity index (χ1) is 15.6. The number of carbonyl (C=O) groups excluding carboxylic acids is 1. The molecule has 0 bridgehead atoms. The van der Waals surface area contributed by atoms with Crippen LogP contribution in [0.25, 0.3) is 11.7 Å². The van der Waals surface area contributed by atoms with Gasteiger partial charge in [0.05, 0.1) is 23.5 Å². The van der Waals surface area contributed by atoms with Crippen molar-refractivity contribution in [2.75, 3.05) is 12.0 Å². The smallest absolute Gasteiger partial charge is 0.283 e. The molecule has 1 aliphatic rings. The second-order valence-electron chi connectivity index (χ2n) is 6.89. The Kier molecular flexibility index (Phi) is 5.73. The van der Waals surface area contributed by atoms with Gasteiger partial charge in [-0.25, -0.2) is 9.98 Å². The van der Waals surface area contributed by atoms with Crippen LogP contribution in [0.5, 0.6) is 5.75 Å². The highest BCUT2D eigenvalue weighted by Crippen LogP contribution is 2.35. The van der Waals surface area contributed by atoms with Crippen molar-refractivity contribution in [1.82, 2.24) is 9.38 Å². The predicted octanol–water partition coefficient (Wildman–Crippen LogP) is 5.73. The number of halogens is 1. The molecule has 0 radical (unpaired) electrons. The highest BCUT2D eigenvalue weighted by molar-refractivity contribution is 8.13. The third-order valence-electron chi connectivity index (χ3n) is 4.81. The van der Waals surface area contributed by atoms with Crippen LogP contribution in [-0.4, -0.2) is 27.6 Å². The van der Waals surface area contributed by atoms with Gasteiger partial charge in [0.15, 0.2) is 5.17 Å². The molecule has 0 aliphatic carbocycles. The Morgan fingerprint density at radius 1 is 1.22 bits per heavy atom. The van der Waals surface area contributed by atoms with Crippen LogP contribution in [0.2, 0.25) is 5.02 Å². The largest absolute Gasteiger partial charge is 0.495 e. The van der Waals surface area contributed by atoms with Gasteiger partial charge in [0.25, 0.3) is 5.91 Å². The van der Waals surface area contributed by atoms with Gasteiger partial charge >= 0.3 is 0 Å². The standard InChI is InChI=1S/C23H17ClN4O2S2/c1-30-20-8-7-16(11-18(20)24)28-22(29)19(12-17-5-4-10-31-17)26-23(28)32-14-15-13-27-9-3-2-6-21(27)25-15/h2-13H,14H2,1H3/b19-12-. The van der Waals surface area contributed by atoms with Gasteiger partial charge in [0.1, 0.15) is 17.1 Å². The average molecular weight is 481 g/mol. The molecule has 4 aromatic rings. The van der Waals surface area contributed by atoms with Crippen LogP contribution in [0.4, 0.5) is 5.69 Å². The summed E-state index contributed by atoms with van der Waals surface area (Å²) < 4.78 is 7.22. The van der Waals surface area contributed by atoms with Crippen LogP contribution < -0.4 is 9.64 Å². The molecule has 1 aromatic carbocycles. The Labute approximate surface area is 197 Å². The minimum atomic E-state index is -0.197. The number of aliphatic imine (C=N–C) groups is 1. The van der Waals surface area contributed by atoms with Crippen LogP contribution in [-0.2, 0) is 10.5 Å². The first-order valence-electron chi connectivity index (χ1n) is 9.69. The van der Waals surface area contributed by atoms with E-state index in [4.69, 9.17) is 16.3 Å². The van der Waals surface area contributed by atoms with Crippen molar-refractivity contribution in [3.8, 4) is 5.75 Å². The summed E-state index contributed by atoms with van der Waals surface area (Å²) in [4.78, 5) is 25.2. The topological polar surface area (TPSA) is 59.2 Å². The Morgan fingerprint density at radius 2 is 2.12 bits per heavy atom. The van der Waals surface area contributed by atoms with Gasteiger partial charge < -0.3 is 9.14 Å². The molecule has 0 unspecified atom stereocenters. The van der Waals surface area contributed by atoms with Crippen molar-refractivity contribution in [1.29, 1.82) is 0 Å². The summed E-state index contributed by atoms with van der Waals surface area (Å²) in [5.41, 5.74) is 2.80. The van der Waals surface area contributed by atoms with E-state index in [1.54, 1.807) is 41.5 Å². The van der Waals surface area contributed by atoms with Gasteiger partial charge in [-0.1, -0.05) is 35.5 Å². The molecular formula is C23H17ClN4O2S2. The number of anilines is 1. The Hall–Kier alpha value is -3.07. The van der Waals surface area contributed by atoms with Crippen molar-refractivity contribution in [2.45, 2.75) is 5.75 Å². The van der Waals surface area contributed by atoms with Crippen LogP contribution >= 0.6 is 34.7 Å². The second kappa shape index (κ2) is 8.82. The number of methoxy groups -OCH3 is 1. The van der Waals surface area contributed by atoms with Crippen molar-refractivity contribution in [3.63, 3.8) is 0 Å². The van der Waals surface area contributed by atoms with E-state index in [0.29, 0.717) is 33.1 Å². The van der Waals surface area contributed by atoms with Crippen molar-refractivity contribution in [3.05, 3.63) is 87.6 Å². The summed E-state index contributed by atoms with van der Waals surface area (Å²) in [6.45, 7) is 0. The van der Waals surface area contributed by atoms with E-state index in [9.17, 15) is 4.79 Å². The van der Waals surface area contributed by atoms with E-state index in [1.807, 2.05) is 58.6 Å². The highest BCUT2D eigenvalue weighted by Gasteiger charge is 2.32. The van der Waals surface area contributed by atoms with E-state index in [0.717, 1.165) is 16.2 Å². The lowest BCUT2D eigenvalue weighted by Crippen LogP contribution is -2.30. The highest BCUT2D eigenvalue weighted by atomic mass is 35.5. The zero-order valence-corrected chi connectivity index (χ0v) is 19.3. The number of imidazole rings is 1. The van der Waals surface area contributed by atoms with E-state index in [-0.39, 0.29) is 5.91 Å². The number of hydrogen-bond donors (Lipinski definition) is 0. The number of nitrogens with zero attached hydrogens (tertiary/aromatic N) is 4. The predicted molar refractivity (Wildman–Crippen MR) is 132 cm³/mol. The van der Waals surface area contributed by atoms with Crippen LogP contribution in [0.3, 0.4) is 0 Å². The van der Waals surface area contributed by atoms with E-state index < -0.39 is 0 Å². The third kappa shape index (κ3) is 4.04. The number of amides is 1. The number of amidine groups is 1. The Balaban J connectivity index is 1.47. The van der Waals surface area contributed by atoms with E-state index >= 15 is 0 Å².